The number of piperazine rings is 1. The minimum Gasteiger partial charge on any atom is -0.345 e. The summed E-state index contributed by atoms with van der Waals surface area (Å²) in [6.45, 7) is 3.45. The molecule has 1 aromatic heterocycles. The van der Waals surface area contributed by atoms with Crippen LogP contribution in [0.4, 0.5) is 5.13 Å². The van der Waals surface area contributed by atoms with Gasteiger partial charge in [-0.25, -0.2) is 4.98 Å². The minimum atomic E-state index is 0.301. The van der Waals surface area contributed by atoms with Gasteiger partial charge in [-0.3, -0.25) is 4.79 Å². The van der Waals surface area contributed by atoms with Crippen molar-refractivity contribution >= 4 is 38.3 Å². The molecule has 2 heterocycles. The minimum absolute atomic E-state index is 0.301. The molecule has 0 aromatic carbocycles. The highest BCUT2D eigenvalue weighted by Gasteiger charge is 2.21. The molecule has 0 bridgehead atoms. The highest BCUT2D eigenvalue weighted by Crippen LogP contribution is 2.19. The summed E-state index contributed by atoms with van der Waals surface area (Å²) >= 11 is 5.05. The number of halogens is 1. The molecule has 1 fully saturated rings. The van der Waals surface area contributed by atoms with Crippen molar-refractivity contribution in [3.05, 3.63) is 11.6 Å². The summed E-state index contributed by atoms with van der Waals surface area (Å²) in [4.78, 5) is 20.5. The Morgan fingerprint density at radius 1 is 1.33 bits per heavy atom. The van der Waals surface area contributed by atoms with E-state index in [2.05, 4.69) is 25.8 Å². The van der Waals surface area contributed by atoms with Gasteiger partial charge in [0.25, 0.3) is 0 Å². The third-order valence-corrected chi connectivity index (χ3v) is 4.49. The SMILES string of the molecule is O=C(CCCCBr)N1CCN(c2nccs2)CC1. The number of rotatable bonds is 5. The van der Waals surface area contributed by atoms with Crippen LogP contribution in [0.1, 0.15) is 19.3 Å². The van der Waals surface area contributed by atoms with Crippen molar-refractivity contribution in [3.8, 4) is 0 Å². The van der Waals surface area contributed by atoms with E-state index >= 15 is 0 Å². The van der Waals surface area contributed by atoms with Crippen molar-refractivity contribution in [3.63, 3.8) is 0 Å². The Kier molecular flexibility index (Phi) is 5.44. The topological polar surface area (TPSA) is 36.4 Å². The first kappa shape index (κ1) is 13.8. The smallest absolute Gasteiger partial charge is 0.222 e. The monoisotopic (exact) mass is 331 g/mol. The summed E-state index contributed by atoms with van der Waals surface area (Å²) in [7, 11) is 0. The Labute approximate surface area is 120 Å². The first-order valence-electron chi connectivity index (χ1n) is 6.29. The average Bonchev–Trinajstić information content (AvgIpc) is 2.93. The fourth-order valence-corrected chi connectivity index (χ4v) is 3.14. The van der Waals surface area contributed by atoms with Crippen LogP contribution in [0, 0.1) is 0 Å². The van der Waals surface area contributed by atoms with Gasteiger partial charge in [0.2, 0.25) is 5.91 Å². The number of amides is 1. The van der Waals surface area contributed by atoms with Gasteiger partial charge in [0, 0.05) is 49.5 Å². The molecule has 2 rings (SSSR count). The Balaban J connectivity index is 1.74. The molecular formula is C12H18BrN3OS. The van der Waals surface area contributed by atoms with Crippen LogP contribution in [0.15, 0.2) is 11.6 Å². The van der Waals surface area contributed by atoms with Gasteiger partial charge in [-0.05, 0) is 12.8 Å². The van der Waals surface area contributed by atoms with Crippen molar-refractivity contribution in [2.45, 2.75) is 19.3 Å². The zero-order valence-electron chi connectivity index (χ0n) is 10.3. The lowest BCUT2D eigenvalue weighted by molar-refractivity contribution is -0.131. The number of anilines is 1. The van der Waals surface area contributed by atoms with E-state index in [0.717, 1.165) is 49.5 Å². The van der Waals surface area contributed by atoms with Crippen LogP contribution in [-0.2, 0) is 4.79 Å². The average molecular weight is 332 g/mol. The highest BCUT2D eigenvalue weighted by molar-refractivity contribution is 9.09. The number of aromatic nitrogens is 1. The Morgan fingerprint density at radius 3 is 2.72 bits per heavy atom. The maximum absolute atomic E-state index is 11.9. The molecule has 0 radical (unpaired) electrons. The van der Waals surface area contributed by atoms with Crippen molar-refractivity contribution in [1.82, 2.24) is 9.88 Å². The fourth-order valence-electron chi connectivity index (χ4n) is 2.05. The molecule has 18 heavy (non-hydrogen) atoms. The second-order valence-corrected chi connectivity index (χ2v) is 5.99. The molecule has 4 nitrogen and oxygen atoms in total. The van der Waals surface area contributed by atoms with Crippen molar-refractivity contribution in [2.24, 2.45) is 0 Å². The normalized spacial score (nSPS) is 16.1. The number of thiazole rings is 1. The quantitative estimate of drug-likeness (QED) is 0.613. The number of alkyl halides is 1. The molecule has 1 amide bonds. The molecule has 0 N–H and O–H groups in total. The molecule has 1 aromatic rings. The van der Waals surface area contributed by atoms with Crippen LogP contribution < -0.4 is 4.90 Å². The summed E-state index contributed by atoms with van der Waals surface area (Å²) in [5.74, 6) is 0.301. The van der Waals surface area contributed by atoms with Crippen LogP contribution in [0.2, 0.25) is 0 Å². The third-order valence-electron chi connectivity index (χ3n) is 3.10. The lowest BCUT2D eigenvalue weighted by atomic mass is 10.2. The molecule has 6 heteroatoms. The van der Waals surface area contributed by atoms with Crippen molar-refractivity contribution in [2.75, 3.05) is 36.4 Å². The van der Waals surface area contributed by atoms with Gasteiger partial charge >= 0.3 is 0 Å². The standard InChI is InChI=1S/C12H18BrN3OS/c13-4-2-1-3-11(17)15-6-8-16(9-7-15)12-14-5-10-18-12/h5,10H,1-4,6-9H2. The Bertz CT molecular complexity index is 363. The lowest BCUT2D eigenvalue weighted by Gasteiger charge is -2.34. The van der Waals surface area contributed by atoms with Gasteiger partial charge < -0.3 is 9.80 Å². The van der Waals surface area contributed by atoms with E-state index in [1.54, 1.807) is 11.3 Å². The van der Waals surface area contributed by atoms with E-state index in [1.165, 1.54) is 0 Å². The number of nitrogens with zero attached hydrogens (tertiary/aromatic N) is 3. The molecule has 0 aliphatic carbocycles. The molecule has 0 atom stereocenters. The van der Waals surface area contributed by atoms with E-state index in [-0.39, 0.29) is 0 Å². The van der Waals surface area contributed by atoms with Crippen LogP contribution in [0.5, 0.6) is 0 Å². The summed E-state index contributed by atoms with van der Waals surface area (Å²) < 4.78 is 0. The van der Waals surface area contributed by atoms with Gasteiger partial charge in [-0.1, -0.05) is 15.9 Å². The summed E-state index contributed by atoms with van der Waals surface area (Å²) in [6.07, 6.45) is 4.57. The molecular weight excluding hydrogens is 314 g/mol. The Hall–Kier alpha value is -0.620. The molecule has 0 saturated carbocycles. The maximum atomic E-state index is 11.9. The molecule has 1 aliphatic rings. The number of unbranched alkanes of at least 4 members (excludes halogenated alkanes) is 1. The first-order valence-corrected chi connectivity index (χ1v) is 8.29. The molecule has 1 saturated heterocycles. The van der Waals surface area contributed by atoms with Crippen LogP contribution in [0.25, 0.3) is 0 Å². The number of carbonyl (C=O) groups is 1. The molecule has 0 spiro atoms. The van der Waals surface area contributed by atoms with E-state index in [0.29, 0.717) is 12.3 Å². The summed E-state index contributed by atoms with van der Waals surface area (Å²) in [5, 5.41) is 4.05. The van der Waals surface area contributed by atoms with E-state index in [4.69, 9.17) is 0 Å². The van der Waals surface area contributed by atoms with Gasteiger partial charge in [-0.15, -0.1) is 11.3 Å². The first-order chi connectivity index (χ1) is 8.81. The number of carbonyl (C=O) groups excluding carboxylic acids is 1. The fraction of sp³-hybridized carbons (Fsp3) is 0.667. The van der Waals surface area contributed by atoms with E-state index < -0.39 is 0 Å². The Morgan fingerprint density at radius 2 is 2.11 bits per heavy atom. The second kappa shape index (κ2) is 7.09. The van der Waals surface area contributed by atoms with E-state index in [1.807, 2.05) is 16.5 Å². The zero-order valence-corrected chi connectivity index (χ0v) is 12.8. The molecule has 1 aliphatic heterocycles. The maximum Gasteiger partial charge on any atom is 0.222 e. The summed E-state index contributed by atoms with van der Waals surface area (Å²) in [6, 6.07) is 0. The summed E-state index contributed by atoms with van der Waals surface area (Å²) in [5.41, 5.74) is 0. The predicted molar refractivity (Wildman–Crippen MR) is 78.6 cm³/mol. The third kappa shape index (κ3) is 3.68. The number of hydrogen-bond acceptors (Lipinski definition) is 4. The van der Waals surface area contributed by atoms with Crippen LogP contribution in [-0.4, -0.2) is 47.3 Å². The number of hydrogen-bond donors (Lipinski definition) is 0. The van der Waals surface area contributed by atoms with Crippen molar-refractivity contribution in [1.29, 1.82) is 0 Å². The predicted octanol–water partition coefficient (Wildman–Crippen LogP) is 2.36. The zero-order chi connectivity index (χ0) is 12.8. The van der Waals surface area contributed by atoms with Crippen LogP contribution in [0.3, 0.4) is 0 Å². The van der Waals surface area contributed by atoms with Gasteiger partial charge in [0.1, 0.15) is 0 Å². The van der Waals surface area contributed by atoms with E-state index in [9.17, 15) is 4.79 Å². The second-order valence-electron chi connectivity index (χ2n) is 4.33. The largest absolute Gasteiger partial charge is 0.345 e. The molecule has 100 valence electrons. The van der Waals surface area contributed by atoms with Crippen molar-refractivity contribution < 1.29 is 4.79 Å². The van der Waals surface area contributed by atoms with Crippen LogP contribution >= 0.6 is 27.3 Å². The van der Waals surface area contributed by atoms with Gasteiger partial charge in [0.15, 0.2) is 5.13 Å². The van der Waals surface area contributed by atoms with Gasteiger partial charge in [-0.2, -0.15) is 0 Å². The highest BCUT2D eigenvalue weighted by atomic mass is 79.9. The lowest BCUT2D eigenvalue weighted by Crippen LogP contribution is -2.48. The van der Waals surface area contributed by atoms with Gasteiger partial charge in [0.05, 0.1) is 0 Å². The molecule has 0 unspecified atom stereocenters.